The highest BCUT2D eigenvalue weighted by Crippen LogP contribution is 2.27. The van der Waals surface area contributed by atoms with Gasteiger partial charge >= 0.3 is 6.03 Å². The molecule has 2 amide bonds. The molecule has 5 nitrogen and oxygen atoms in total. The number of carbonyl (C=O) groups is 1. The molecule has 0 unspecified atom stereocenters. The van der Waals surface area contributed by atoms with E-state index in [1.54, 1.807) is 17.0 Å². The Bertz CT molecular complexity index is 1100. The molecule has 4 rings (SSSR count). The summed E-state index contributed by atoms with van der Waals surface area (Å²) in [6.07, 6.45) is 4.07. The molecule has 1 aliphatic carbocycles. The van der Waals surface area contributed by atoms with Crippen LogP contribution in [-0.4, -0.2) is 22.0 Å². The number of aromatic amines is 1. The molecule has 0 radical (unpaired) electrons. The normalized spacial score (nSPS) is 14.3. The molecule has 150 valence electrons. The zero-order valence-electron chi connectivity index (χ0n) is 16.4. The average molecular weight is 410 g/mol. The summed E-state index contributed by atoms with van der Waals surface area (Å²) in [6, 6.07) is 14.9. The number of fused-ring (bicyclic) bond motifs is 1. The Kier molecular flexibility index (Phi) is 5.58. The lowest BCUT2D eigenvalue weighted by atomic mass is 10.1. The third kappa shape index (κ3) is 4.30. The fourth-order valence-corrected chi connectivity index (χ4v) is 4.18. The van der Waals surface area contributed by atoms with Gasteiger partial charge in [0.1, 0.15) is 0 Å². The molecule has 0 saturated heterocycles. The van der Waals surface area contributed by atoms with Crippen molar-refractivity contribution in [2.75, 3.05) is 5.32 Å². The van der Waals surface area contributed by atoms with Crippen molar-refractivity contribution in [1.82, 2.24) is 9.88 Å². The van der Waals surface area contributed by atoms with Crippen LogP contribution in [0.4, 0.5) is 10.5 Å². The van der Waals surface area contributed by atoms with E-state index in [2.05, 4.69) is 10.3 Å². The average Bonchev–Trinajstić information content (AvgIpc) is 3.22. The largest absolute Gasteiger partial charge is 0.322 e. The molecule has 0 atom stereocenters. The van der Waals surface area contributed by atoms with Gasteiger partial charge in [0.2, 0.25) is 0 Å². The number of nitrogens with one attached hydrogen (secondary N) is 2. The Morgan fingerprint density at radius 1 is 1.17 bits per heavy atom. The van der Waals surface area contributed by atoms with E-state index in [-0.39, 0.29) is 24.2 Å². The smallest absolute Gasteiger partial charge is 0.322 e. The van der Waals surface area contributed by atoms with Crippen LogP contribution in [0, 0.1) is 6.92 Å². The van der Waals surface area contributed by atoms with Crippen LogP contribution in [-0.2, 0) is 6.54 Å². The molecule has 2 aromatic carbocycles. The molecule has 29 heavy (non-hydrogen) atoms. The summed E-state index contributed by atoms with van der Waals surface area (Å²) < 4.78 is 0. The summed E-state index contributed by atoms with van der Waals surface area (Å²) in [5.74, 6) is 0. The number of pyridine rings is 1. The summed E-state index contributed by atoms with van der Waals surface area (Å²) in [4.78, 5) is 30.6. The molecule has 0 aliphatic heterocycles. The molecular weight excluding hydrogens is 386 g/mol. The topological polar surface area (TPSA) is 65.2 Å². The summed E-state index contributed by atoms with van der Waals surface area (Å²) in [6.45, 7) is 2.26. The molecule has 1 fully saturated rings. The Morgan fingerprint density at radius 2 is 1.93 bits per heavy atom. The Morgan fingerprint density at radius 3 is 2.69 bits per heavy atom. The van der Waals surface area contributed by atoms with E-state index < -0.39 is 0 Å². The van der Waals surface area contributed by atoms with E-state index in [9.17, 15) is 9.59 Å². The standard InChI is InChI=1S/C23H24ClN3O2/c1-15-10-11-16-13-17(22(28)25-21(16)12-15)14-27(18-6-2-3-7-18)23(29)26-20-9-5-4-8-19(20)24/h4-5,8-13,18H,2-3,6-7,14H2,1H3,(H,25,28)(H,26,29). The van der Waals surface area contributed by atoms with E-state index in [0.717, 1.165) is 42.1 Å². The lowest BCUT2D eigenvalue weighted by Gasteiger charge is -2.29. The number of hydrogen-bond donors (Lipinski definition) is 2. The minimum Gasteiger partial charge on any atom is -0.322 e. The molecule has 6 heteroatoms. The van der Waals surface area contributed by atoms with Crippen LogP contribution in [0.25, 0.3) is 10.9 Å². The molecule has 3 aromatic rings. The molecule has 1 aromatic heterocycles. The van der Waals surface area contributed by atoms with Crippen LogP contribution in [0.1, 0.15) is 36.8 Å². The maximum Gasteiger partial charge on any atom is 0.322 e. The second-order valence-electron chi connectivity index (χ2n) is 7.69. The van der Waals surface area contributed by atoms with E-state index in [0.29, 0.717) is 16.3 Å². The number of aryl methyl sites for hydroxylation is 1. The predicted octanol–water partition coefficient (Wildman–Crippen LogP) is 5.47. The fourth-order valence-electron chi connectivity index (χ4n) is 3.99. The first-order chi connectivity index (χ1) is 14.0. The predicted molar refractivity (Wildman–Crippen MR) is 118 cm³/mol. The van der Waals surface area contributed by atoms with Crippen LogP contribution in [0.2, 0.25) is 5.02 Å². The summed E-state index contributed by atoms with van der Waals surface area (Å²) in [5.41, 5.74) is 2.91. The first kappa shape index (κ1) is 19.5. The van der Waals surface area contributed by atoms with Gasteiger partial charge in [-0.2, -0.15) is 0 Å². The van der Waals surface area contributed by atoms with Crippen molar-refractivity contribution in [2.45, 2.75) is 45.2 Å². The zero-order valence-corrected chi connectivity index (χ0v) is 17.1. The summed E-state index contributed by atoms with van der Waals surface area (Å²) >= 11 is 6.21. The van der Waals surface area contributed by atoms with E-state index in [4.69, 9.17) is 11.6 Å². The molecule has 0 spiro atoms. The maximum absolute atomic E-state index is 13.1. The number of amides is 2. The molecule has 1 aliphatic rings. The van der Waals surface area contributed by atoms with Crippen molar-refractivity contribution in [2.24, 2.45) is 0 Å². The highest BCUT2D eigenvalue weighted by Gasteiger charge is 2.28. The number of benzene rings is 2. The van der Waals surface area contributed by atoms with Crippen LogP contribution in [0.15, 0.2) is 53.3 Å². The monoisotopic (exact) mass is 409 g/mol. The number of carbonyl (C=O) groups excluding carboxylic acids is 1. The van der Waals surface area contributed by atoms with Gasteiger partial charge in [-0.15, -0.1) is 0 Å². The second-order valence-corrected chi connectivity index (χ2v) is 8.10. The third-order valence-corrected chi connectivity index (χ3v) is 5.89. The quantitative estimate of drug-likeness (QED) is 0.600. The lowest BCUT2D eigenvalue weighted by molar-refractivity contribution is 0.184. The van der Waals surface area contributed by atoms with Crippen LogP contribution in [0.5, 0.6) is 0 Å². The van der Waals surface area contributed by atoms with Crippen molar-refractivity contribution in [3.05, 3.63) is 75.0 Å². The van der Waals surface area contributed by atoms with Gasteiger partial charge in [0.05, 0.1) is 17.3 Å². The van der Waals surface area contributed by atoms with Crippen LogP contribution >= 0.6 is 11.6 Å². The number of halogens is 1. The van der Waals surface area contributed by atoms with Crippen molar-refractivity contribution < 1.29 is 4.79 Å². The van der Waals surface area contributed by atoms with Gasteiger partial charge in [-0.3, -0.25) is 4.79 Å². The Hall–Kier alpha value is -2.79. The highest BCUT2D eigenvalue weighted by molar-refractivity contribution is 6.33. The minimum absolute atomic E-state index is 0.116. The molecule has 1 heterocycles. The summed E-state index contributed by atoms with van der Waals surface area (Å²) in [7, 11) is 0. The lowest BCUT2D eigenvalue weighted by Crippen LogP contribution is -2.42. The zero-order chi connectivity index (χ0) is 20.4. The third-order valence-electron chi connectivity index (χ3n) is 5.56. The van der Waals surface area contributed by atoms with E-state index in [1.165, 1.54) is 0 Å². The number of nitrogens with zero attached hydrogens (tertiary/aromatic N) is 1. The first-order valence-corrected chi connectivity index (χ1v) is 10.3. The first-order valence-electron chi connectivity index (χ1n) is 9.96. The Balaban J connectivity index is 1.64. The van der Waals surface area contributed by atoms with Gasteiger partial charge in [0.15, 0.2) is 0 Å². The van der Waals surface area contributed by atoms with Crippen LogP contribution < -0.4 is 10.9 Å². The van der Waals surface area contributed by atoms with Crippen molar-refractivity contribution in [1.29, 1.82) is 0 Å². The molecule has 0 bridgehead atoms. The molecule has 1 saturated carbocycles. The van der Waals surface area contributed by atoms with Crippen molar-refractivity contribution >= 4 is 34.2 Å². The van der Waals surface area contributed by atoms with E-state index in [1.807, 2.05) is 43.3 Å². The SMILES string of the molecule is Cc1ccc2cc(CN(C(=O)Nc3ccccc3Cl)C3CCCC3)c(=O)[nH]c2c1. The van der Waals surface area contributed by atoms with Gasteiger partial charge in [-0.1, -0.05) is 48.7 Å². The number of urea groups is 1. The number of aromatic nitrogens is 1. The van der Waals surface area contributed by atoms with Gasteiger partial charge in [0.25, 0.3) is 5.56 Å². The maximum atomic E-state index is 13.1. The van der Waals surface area contributed by atoms with Crippen molar-refractivity contribution in [3.63, 3.8) is 0 Å². The number of para-hydroxylation sites is 1. The van der Waals surface area contributed by atoms with Crippen molar-refractivity contribution in [3.8, 4) is 0 Å². The fraction of sp³-hybridized carbons (Fsp3) is 0.304. The van der Waals surface area contributed by atoms with Gasteiger partial charge in [-0.05, 0) is 55.0 Å². The van der Waals surface area contributed by atoms with Gasteiger partial charge in [0, 0.05) is 17.1 Å². The van der Waals surface area contributed by atoms with E-state index >= 15 is 0 Å². The van der Waals surface area contributed by atoms with Gasteiger partial charge < -0.3 is 15.2 Å². The summed E-state index contributed by atoms with van der Waals surface area (Å²) in [5, 5.41) is 4.37. The molecule has 2 N–H and O–H groups in total. The number of H-pyrrole nitrogens is 1. The highest BCUT2D eigenvalue weighted by atomic mass is 35.5. The Labute approximate surface area is 174 Å². The number of anilines is 1. The minimum atomic E-state index is -0.228. The van der Waals surface area contributed by atoms with Crippen LogP contribution in [0.3, 0.4) is 0 Å². The second kappa shape index (κ2) is 8.29. The van der Waals surface area contributed by atoms with Gasteiger partial charge in [-0.25, -0.2) is 4.79 Å². The molecular formula is C23H24ClN3O2. The number of rotatable bonds is 4. The number of hydrogen-bond acceptors (Lipinski definition) is 2.